The van der Waals surface area contributed by atoms with E-state index >= 15 is 0 Å². The minimum atomic E-state index is -0.464. The Morgan fingerprint density at radius 2 is 0.606 bits per heavy atom. The van der Waals surface area contributed by atoms with Crippen LogP contribution in [-0.2, 0) is 42.1 Å². The lowest BCUT2D eigenvalue weighted by Crippen LogP contribution is -2.27. The van der Waals surface area contributed by atoms with Crippen LogP contribution < -0.4 is 9.47 Å². The average Bonchev–Trinajstić information content (AvgIpc) is 0.812. The predicted molar refractivity (Wildman–Crippen MR) is 390 cm³/mol. The third kappa shape index (κ3) is 20.6. The number of ether oxygens (including phenoxy) is 2. The summed E-state index contributed by atoms with van der Waals surface area (Å²) >= 11 is 0. The second-order valence-electron chi connectivity index (χ2n) is 33.4. The molecule has 12 nitrogen and oxygen atoms in total. The van der Waals surface area contributed by atoms with Crippen LogP contribution in [0.1, 0.15) is 296 Å². The molecule has 7 rings (SSSR count). The molecule has 0 amide bonds. The normalized spacial score (nSPS) is 21.9. The molecule has 2 fully saturated rings. The summed E-state index contributed by atoms with van der Waals surface area (Å²) in [7, 11) is 0. The molecule has 4 aromatic rings. The van der Waals surface area contributed by atoms with Gasteiger partial charge in [0.05, 0.1) is 36.0 Å². The van der Waals surface area contributed by atoms with Gasteiger partial charge in [-0.1, -0.05) is 187 Å². The van der Waals surface area contributed by atoms with Crippen LogP contribution in [0.3, 0.4) is 0 Å². The van der Waals surface area contributed by atoms with Gasteiger partial charge in [0.1, 0.15) is 34.5 Å². The zero-order valence-electron chi connectivity index (χ0n) is 60.6. The number of hydrogen-bond acceptors (Lipinski definition) is 12. The van der Waals surface area contributed by atoms with Crippen molar-refractivity contribution < 1.29 is 39.5 Å². The van der Waals surface area contributed by atoms with Crippen molar-refractivity contribution in [2.45, 2.75) is 297 Å². The van der Waals surface area contributed by atoms with Crippen molar-refractivity contribution in [3.05, 3.63) is 128 Å². The van der Waals surface area contributed by atoms with E-state index in [1.165, 1.54) is 0 Å². The third-order valence-electron chi connectivity index (χ3n) is 19.1. The number of hydrogen-bond donors (Lipinski definition) is 4. The third-order valence-corrected chi connectivity index (χ3v) is 19.1. The fourth-order valence-electron chi connectivity index (χ4n) is 13.0. The minimum absolute atomic E-state index is 0.111. The summed E-state index contributed by atoms with van der Waals surface area (Å²) in [4.78, 5) is 48.9. The van der Waals surface area contributed by atoms with Crippen molar-refractivity contribution in [3.63, 3.8) is 0 Å². The van der Waals surface area contributed by atoms with Crippen LogP contribution in [0.25, 0.3) is 0 Å². The molecule has 2 unspecified atom stereocenters. The number of benzene rings is 4. The molecule has 4 N–H and O–H groups in total. The summed E-state index contributed by atoms with van der Waals surface area (Å²) in [6, 6.07) is 14.9. The van der Waals surface area contributed by atoms with E-state index in [9.17, 15) is 30.0 Å². The first-order chi connectivity index (χ1) is 43.9. The van der Waals surface area contributed by atoms with Crippen molar-refractivity contribution in [2.75, 3.05) is 0 Å². The summed E-state index contributed by atoms with van der Waals surface area (Å²) < 4.78 is 12.6. The number of esters is 2. The van der Waals surface area contributed by atoms with Gasteiger partial charge in [-0.05, 0) is 170 Å². The Kier molecular flexibility index (Phi) is 24.9. The maximum absolute atomic E-state index is 14.3. The monoisotopic (exact) mass is 1280 g/mol. The molecule has 3 aliphatic rings. The molecule has 0 saturated heterocycles. The molecule has 512 valence electrons. The summed E-state index contributed by atoms with van der Waals surface area (Å²) in [6.45, 7) is 38.0. The molecule has 0 aliphatic heterocycles. The van der Waals surface area contributed by atoms with Crippen molar-refractivity contribution in [1.29, 1.82) is 0 Å². The molecule has 3 aliphatic carbocycles. The molecular weight excluding hydrogens is 1170 g/mol. The summed E-state index contributed by atoms with van der Waals surface area (Å²) in [5.74, 6) is 0.235. The second kappa shape index (κ2) is 31.4. The highest BCUT2D eigenvalue weighted by atomic mass is 16.5. The molecular formula is C82H116N4O8. The van der Waals surface area contributed by atoms with Gasteiger partial charge in [0.25, 0.3) is 0 Å². The average molecular weight is 1290 g/mol. The molecule has 0 spiro atoms. The maximum atomic E-state index is 14.3. The van der Waals surface area contributed by atoms with Crippen LogP contribution in [-0.4, -0.2) is 81.4 Å². The highest BCUT2D eigenvalue weighted by Gasteiger charge is 2.32. The molecule has 0 heterocycles. The van der Waals surface area contributed by atoms with E-state index in [-0.39, 0.29) is 92.6 Å². The molecule has 94 heavy (non-hydrogen) atoms. The van der Waals surface area contributed by atoms with E-state index in [0.29, 0.717) is 83.4 Å². The summed E-state index contributed by atoms with van der Waals surface area (Å²) in [6.07, 6.45) is 30.2. The van der Waals surface area contributed by atoms with Gasteiger partial charge in [0.2, 0.25) is 0 Å². The Morgan fingerprint density at radius 3 is 0.883 bits per heavy atom. The van der Waals surface area contributed by atoms with E-state index < -0.39 is 10.8 Å². The number of nitrogens with zero attached hydrogens (tertiary/aromatic N) is 4. The SMILES string of the molecule is CC(C)(C)c1cc(C=N[C@@H]2CCCC[C@H]2N=Cc2cc(OC(=O)C3CCC=CCCCC(C(=O)Oc4cc(C=N[C@@H]5CCCC[C@H]5N=Cc5cc(C(C)(C)C)cc(C(C)(C)C)c5O)c(O)c(C(C)(C)C)c4)CC/C=C\CCC3)cc(C(C)(C)C)c2O)c(O)c(C(C)(C)C)c1. The Balaban J connectivity index is 1.00. The van der Waals surface area contributed by atoms with E-state index in [0.717, 1.165) is 99.3 Å². The van der Waals surface area contributed by atoms with Crippen molar-refractivity contribution >= 4 is 36.8 Å². The number of aromatic hydroxyl groups is 4. The quantitative estimate of drug-likeness (QED) is 0.0468. The van der Waals surface area contributed by atoms with E-state index in [4.69, 9.17) is 29.4 Å². The van der Waals surface area contributed by atoms with Crippen LogP contribution in [0.4, 0.5) is 0 Å². The fraction of sp³-hybridized carbons (Fsp3) is 0.585. The first kappa shape index (κ1) is 74.6. The molecule has 0 bridgehead atoms. The number of phenols is 4. The second-order valence-corrected chi connectivity index (χ2v) is 33.4. The lowest BCUT2D eigenvalue weighted by Gasteiger charge is -2.28. The zero-order valence-corrected chi connectivity index (χ0v) is 60.6. The van der Waals surface area contributed by atoms with Gasteiger partial charge >= 0.3 is 11.9 Å². The van der Waals surface area contributed by atoms with Crippen molar-refractivity contribution in [2.24, 2.45) is 31.8 Å². The van der Waals surface area contributed by atoms with E-state index in [1.54, 1.807) is 36.7 Å². The first-order valence-electron chi connectivity index (χ1n) is 35.3. The number of allylic oxidation sites excluding steroid dienone is 4. The van der Waals surface area contributed by atoms with Gasteiger partial charge in [0, 0.05) is 69.4 Å². The molecule has 6 atom stereocenters. The molecule has 2 saturated carbocycles. The molecule has 4 aromatic carbocycles. The summed E-state index contributed by atoms with van der Waals surface area (Å²) in [5, 5.41) is 46.6. The van der Waals surface area contributed by atoms with Crippen LogP contribution in [0.5, 0.6) is 34.5 Å². The van der Waals surface area contributed by atoms with Gasteiger partial charge in [-0.25, -0.2) is 0 Å². The molecule has 0 aromatic heterocycles. The number of aliphatic imine (C=N–C) groups is 4. The first-order valence-corrected chi connectivity index (χ1v) is 35.3. The molecule has 0 radical (unpaired) electrons. The predicted octanol–water partition coefficient (Wildman–Crippen LogP) is 19.8. The Labute approximate surface area is 565 Å². The topological polar surface area (TPSA) is 183 Å². The number of carbonyl (C=O) groups excluding carboxylic acids is 2. The fourth-order valence-corrected chi connectivity index (χ4v) is 13.0. The van der Waals surface area contributed by atoms with Gasteiger partial charge in [-0.2, -0.15) is 0 Å². The summed E-state index contributed by atoms with van der Waals surface area (Å²) in [5.41, 5.74) is 6.11. The van der Waals surface area contributed by atoms with Crippen LogP contribution >= 0.6 is 0 Å². The Bertz CT molecular complexity index is 3220. The highest BCUT2D eigenvalue weighted by Crippen LogP contribution is 2.42. The Morgan fingerprint density at radius 1 is 0.340 bits per heavy atom. The van der Waals surface area contributed by atoms with Crippen molar-refractivity contribution in [1.82, 2.24) is 0 Å². The van der Waals surface area contributed by atoms with Crippen molar-refractivity contribution in [3.8, 4) is 34.5 Å². The van der Waals surface area contributed by atoms with Gasteiger partial charge in [-0.3, -0.25) is 29.6 Å². The highest BCUT2D eigenvalue weighted by molar-refractivity contribution is 5.89. The largest absolute Gasteiger partial charge is 0.507 e. The lowest BCUT2D eigenvalue weighted by molar-refractivity contribution is -0.140. The van der Waals surface area contributed by atoms with Crippen LogP contribution in [0, 0.1) is 11.8 Å². The van der Waals surface area contributed by atoms with Crippen LogP contribution in [0.15, 0.2) is 92.8 Å². The number of rotatable bonds is 12. The van der Waals surface area contributed by atoms with Gasteiger partial charge in [0.15, 0.2) is 0 Å². The van der Waals surface area contributed by atoms with Crippen LogP contribution in [0.2, 0.25) is 0 Å². The van der Waals surface area contributed by atoms with Gasteiger partial charge in [-0.15, -0.1) is 0 Å². The molecule has 12 heteroatoms. The lowest BCUT2D eigenvalue weighted by atomic mass is 9.79. The zero-order chi connectivity index (χ0) is 69.1. The number of carbonyl (C=O) groups is 2. The number of phenolic OH excluding ortho intramolecular Hbond substituents is 4. The standard InChI is InChI=1S/C82H116N4O8/c1-77(2,3)59-41-55(71(87)63(45-59)79(7,8)9)49-83-67-37-29-31-39-69(67)85-51-57-43-61(47-65(73(57)89)81(13,14)15)93-75(91)53-33-25-21-19-23-27-35-54(36-28-24-20-22-26-34-53)76(92)94-62-44-58(74(90)66(48-62)82(16,17)18)52-86-70-40-32-30-38-68(70)84-50-56-42-60(78(4,5)6)46-64(72(56)88)80(10,11)12/h19-21,24,41-54,67-70,87-90H,22-23,25-40H2,1-18H3/b21-19-,24-20?,83-49?,84-50?,85-51?,86-52?/t53?,54?,67-,68-,69-,70-/m1/s1. The minimum Gasteiger partial charge on any atom is -0.507 e. The smallest absolute Gasteiger partial charge is 0.314 e. The Hall–Kier alpha value is -6.82. The van der Waals surface area contributed by atoms with Gasteiger partial charge < -0.3 is 29.9 Å². The van der Waals surface area contributed by atoms with E-state index in [2.05, 4.69) is 132 Å². The van der Waals surface area contributed by atoms with E-state index in [1.807, 2.05) is 54.0 Å². The maximum Gasteiger partial charge on any atom is 0.314 e.